The van der Waals surface area contributed by atoms with Gasteiger partial charge in [0.2, 0.25) is 11.9 Å². The molecule has 0 radical (unpaired) electrons. The molecule has 3 aromatic rings. The number of furan rings is 1. The molecule has 4 rings (SSSR count). The van der Waals surface area contributed by atoms with Gasteiger partial charge in [0.15, 0.2) is 5.76 Å². The van der Waals surface area contributed by atoms with E-state index in [0.717, 1.165) is 16.5 Å². The van der Waals surface area contributed by atoms with E-state index < -0.39 is 6.04 Å². The first-order chi connectivity index (χ1) is 13.6. The second kappa shape index (κ2) is 7.97. The van der Waals surface area contributed by atoms with Gasteiger partial charge in [-0.15, -0.1) is 5.10 Å². The molecule has 2 aromatic heterocycles. The van der Waals surface area contributed by atoms with E-state index in [0.29, 0.717) is 19.5 Å². The van der Waals surface area contributed by atoms with Crippen LogP contribution in [0, 0.1) is 0 Å². The Morgan fingerprint density at radius 2 is 2.07 bits per heavy atom. The van der Waals surface area contributed by atoms with Crippen LogP contribution in [-0.4, -0.2) is 44.1 Å². The zero-order valence-corrected chi connectivity index (χ0v) is 16.5. The Morgan fingerprint density at radius 1 is 1.25 bits per heavy atom. The summed E-state index contributed by atoms with van der Waals surface area (Å²) in [5, 5.41) is 7.01. The van der Waals surface area contributed by atoms with Crippen LogP contribution >= 0.6 is 15.9 Å². The molecule has 1 aliphatic heterocycles. The van der Waals surface area contributed by atoms with Crippen molar-refractivity contribution in [2.45, 2.75) is 25.4 Å². The summed E-state index contributed by atoms with van der Waals surface area (Å²) in [4.78, 5) is 30.9. The molecular formula is C19H18BrN5O3. The number of hydrogen-bond acceptors (Lipinski definition) is 5. The van der Waals surface area contributed by atoms with Gasteiger partial charge >= 0.3 is 0 Å². The third kappa shape index (κ3) is 3.99. The molecule has 1 N–H and O–H groups in total. The van der Waals surface area contributed by atoms with Crippen LogP contribution in [0.1, 0.15) is 29.0 Å². The highest BCUT2D eigenvalue weighted by Crippen LogP contribution is 2.21. The first-order valence-corrected chi connectivity index (χ1v) is 9.69. The van der Waals surface area contributed by atoms with Gasteiger partial charge in [-0.05, 0) is 42.7 Å². The second-order valence-corrected chi connectivity index (χ2v) is 7.43. The molecule has 1 aromatic carbocycles. The van der Waals surface area contributed by atoms with Crippen molar-refractivity contribution in [3.8, 4) is 0 Å². The van der Waals surface area contributed by atoms with Gasteiger partial charge in [0.05, 0.1) is 12.8 Å². The van der Waals surface area contributed by atoms with Crippen molar-refractivity contribution in [2.75, 3.05) is 11.9 Å². The van der Waals surface area contributed by atoms with Crippen LogP contribution in [0.5, 0.6) is 0 Å². The predicted molar refractivity (Wildman–Crippen MR) is 105 cm³/mol. The van der Waals surface area contributed by atoms with Crippen molar-refractivity contribution < 1.29 is 14.0 Å². The molecule has 1 unspecified atom stereocenters. The van der Waals surface area contributed by atoms with E-state index in [-0.39, 0.29) is 23.5 Å². The van der Waals surface area contributed by atoms with E-state index in [2.05, 4.69) is 31.3 Å². The number of nitrogens with zero attached hydrogens (tertiary/aromatic N) is 4. The number of aromatic nitrogens is 3. The van der Waals surface area contributed by atoms with Crippen molar-refractivity contribution >= 4 is 33.7 Å². The van der Waals surface area contributed by atoms with Crippen LogP contribution in [0.2, 0.25) is 0 Å². The average molecular weight is 444 g/mol. The number of rotatable bonds is 5. The second-order valence-electron chi connectivity index (χ2n) is 6.52. The molecule has 0 aliphatic carbocycles. The molecule has 144 valence electrons. The molecule has 8 nitrogen and oxygen atoms in total. The highest BCUT2D eigenvalue weighted by atomic mass is 79.9. The van der Waals surface area contributed by atoms with Crippen LogP contribution in [0.25, 0.3) is 0 Å². The Bertz CT molecular complexity index is 968. The molecule has 3 heterocycles. The molecule has 0 spiro atoms. The molecule has 0 saturated carbocycles. The van der Waals surface area contributed by atoms with Crippen LogP contribution in [0.15, 0.2) is 57.9 Å². The number of halogens is 1. The number of anilines is 1. The zero-order chi connectivity index (χ0) is 19.5. The lowest BCUT2D eigenvalue weighted by Crippen LogP contribution is -2.43. The fourth-order valence-electron chi connectivity index (χ4n) is 3.22. The topological polar surface area (TPSA) is 93.3 Å². The lowest BCUT2D eigenvalue weighted by molar-refractivity contribution is -0.119. The van der Waals surface area contributed by atoms with Gasteiger partial charge in [0.25, 0.3) is 5.91 Å². The van der Waals surface area contributed by atoms with Crippen LogP contribution < -0.4 is 5.32 Å². The fraction of sp³-hybridized carbons (Fsp3) is 0.263. The monoisotopic (exact) mass is 443 g/mol. The summed E-state index contributed by atoms with van der Waals surface area (Å²) in [7, 11) is 0. The summed E-state index contributed by atoms with van der Waals surface area (Å²) < 4.78 is 7.83. The van der Waals surface area contributed by atoms with E-state index in [1.165, 1.54) is 11.2 Å². The van der Waals surface area contributed by atoms with Crippen LogP contribution in [0.4, 0.5) is 5.95 Å². The lowest BCUT2D eigenvalue weighted by atomic mass is 10.2. The normalized spacial score (nSPS) is 16.3. The van der Waals surface area contributed by atoms with Crippen LogP contribution in [-0.2, 0) is 11.3 Å². The van der Waals surface area contributed by atoms with Crippen molar-refractivity contribution in [1.82, 2.24) is 19.7 Å². The summed E-state index contributed by atoms with van der Waals surface area (Å²) in [6, 6.07) is 10.6. The van der Waals surface area contributed by atoms with E-state index in [1.807, 2.05) is 24.3 Å². The standard InChI is InChI=1S/C19H18BrN5O3/c20-14-7-5-13(6-8-14)11-24-12-21-19(23-24)22-17(26)15-3-1-9-25(15)18(27)16-4-2-10-28-16/h2,4-8,10,12,15H,1,3,9,11H2,(H,22,23,26). The molecule has 9 heteroatoms. The Balaban J connectivity index is 1.40. The number of amides is 2. The van der Waals surface area contributed by atoms with Crippen molar-refractivity contribution in [2.24, 2.45) is 0 Å². The third-order valence-corrected chi connectivity index (χ3v) is 5.11. The molecule has 1 saturated heterocycles. The molecule has 0 bridgehead atoms. The summed E-state index contributed by atoms with van der Waals surface area (Å²) in [6.45, 7) is 1.06. The number of carbonyl (C=O) groups excluding carboxylic acids is 2. The van der Waals surface area contributed by atoms with Crippen molar-refractivity contribution in [3.63, 3.8) is 0 Å². The Kier molecular flexibility index (Phi) is 5.25. The molecule has 2 amide bonds. The van der Waals surface area contributed by atoms with Gasteiger partial charge in [-0.25, -0.2) is 9.67 Å². The SMILES string of the molecule is O=C(Nc1ncn(Cc2ccc(Br)cc2)n1)C1CCCN1C(=O)c1ccco1. The van der Waals surface area contributed by atoms with Gasteiger partial charge in [-0.1, -0.05) is 28.1 Å². The Labute approximate surface area is 169 Å². The molecule has 1 atom stereocenters. The fourth-order valence-corrected chi connectivity index (χ4v) is 3.49. The number of carbonyl (C=O) groups is 2. The largest absolute Gasteiger partial charge is 0.459 e. The minimum absolute atomic E-state index is 0.222. The first kappa shape index (κ1) is 18.4. The number of nitrogens with one attached hydrogen (secondary N) is 1. The lowest BCUT2D eigenvalue weighted by Gasteiger charge is -2.22. The minimum Gasteiger partial charge on any atom is -0.459 e. The van der Waals surface area contributed by atoms with E-state index >= 15 is 0 Å². The molecule has 28 heavy (non-hydrogen) atoms. The molecular weight excluding hydrogens is 426 g/mol. The van der Waals surface area contributed by atoms with Crippen molar-refractivity contribution in [1.29, 1.82) is 0 Å². The maximum Gasteiger partial charge on any atom is 0.290 e. The van der Waals surface area contributed by atoms with E-state index in [4.69, 9.17) is 4.42 Å². The minimum atomic E-state index is -0.559. The zero-order valence-electron chi connectivity index (χ0n) is 14.9. The maximum atomic E-state index is 12.7. The van der Waals surface area contributed by atoms with Gasteiger partial charge in [0.1, 0.15) is 12.4 Å². The molecule has 1 aliphatic rings. The predicted octanol–water partition coefficient (Wildman–Crippen LogP) is 2.93. The van der Waals surface area contributed by atoms with E-state index in [9.17, 15) is 9.59 Å². The van der Waals surface area contributed by atoms with Gasteiger partial charge in [-0.2, -0.15) is 0 Å². The van der Waals surface area contributed by atoms with Crippen LogP contribution in [0.3, 0.4) is 0 Å². The van der Waals surface area contributed by atoms with Gasteiger partial charge in [-0.3, -0.25) is 14.9 Å². The Morgan fingerprint density at radius 3 is 2.82 bits per heavy atom. The van der Waals surface area contributed by atoms with Gasteiger partial charge < -0.3 is 9.32 Å². The molecule has 1 fully saturated rings. The Hall–Kier alpha value is -2.94. The summed E-state index contributed by atoms with van der Waals surface area (Å²) >= 11 is 3.41. The summed E-state index contributed by atoms with van der Waals surface area (Å²) in [5.41, 5.74) is 1.07. The van der Waals surface area contributed by atoms with Gasteiger partial charge in [0, 0.05) is 11.0 Å². The average Bonchev–Trinajstić information content (AvgIpc) is 3.45. The van der Waals surface area contributed by atoms with Crippen molar-refractivity contribution in [3.05, 3.63) is 64.8 Å². The third-order valence-electron chi connectivity index (χ3n) is 4.58. The highest BCUT2D eigenvalue weighted by molar-refractivity contribution is 9.10. The highest BCUT2D eigenvalue weighted by Gasteiger charge is 2.35. The summed E-state index contributed by atoms with van der Waals surface area (Å²) in [6.07, 6.45) is 4.37. The smallest absolute Gasteiger partial charge is 0.290 e. The quantitative estimate of drug-likeness (QED) is 0.653. The first-order valence-electron chi connectivity index (χ1n) is 8.89. The number of benzene rings is 1. The van der Waals surface area contributed by atoms with E-state index in [1.54, 1.807) is 23.1 Å². The number of hydrogen-bond donors (Lipinski definition) is 1. The summed E-state index contributed by atoms with van der Waals surface area (Å²) in [5.74, 6) is -0.119. The number of likely N-dealkylation sites (tertiary alicyclic amines) is 1. The maximum absolute atomic E-state index is 12.7.